The van der Waals surface area contributed by atoms with Gasteiger partial charge in [0.05, 0.1) is 11.7 Å². The Morgan fingerprint density at radius 1 is 1.29 bits per heavy atom. The molecule has 0 aliphatic carbocycles. The third-order valence-corrected chi connectivity index (χ3v) is 3.53. The van der Waals surface area contributed by atoms with Gasteiger partial charge in [0.15, 0.2) is 11.2 Å². The van der Waals surface area contributed by atoms with Gasteiger partial charge in [0.2, 0.25) is 0 Å². The molecule has 0 saturated heterocycles. The van der Waals surface area contributed by atoms with Crippen molar-refractivity contribution in [3.8, 4) is 0 Å². The zero-order valence-corrected chi connectivity index (χ0v) is 13.1. The molecule has 8 heteroatoms. The first-order valence-corrected chi connectivity index (χ1v) is 7.12. The Hall–Kier alpha value is -2.05. The van der Waals surface area contributed by atoms with Crippen LogP contribution in [0.1, 0.15) is 19.2 Å². The van der Waals surface area contributed by atoms with E-state index in [9.17, 15) is 9.59 Å². The predicted molar refractivity (Wildman–Crippen MR) is 84.1 cm³/mol. The zero-order chi connectivity index (χ0) is 15.6. The summed E-state index contributed by atoms with van der Waals surface area (Å²) < 4.78 is 4.32. The minimum absolute atomic E-state index is 0.339. The normalized spacial score (nSPS) is 10.8. The van der Waals surface area contributed by atoms with Crippen LogP contribution in [0.3, 0.4) is 0 Å². The summed E-state index contributed by atoms with van der Waals surface area (Å²) in [5.74, 6) is 0.783. The Labute approximate surface area is 126 Å². The summed E-state index contributed by atoms with van der Waals surface area (Å²) >= 11 is 4.56. The van der Waals surface area contributed by atoms with Crippen molar-refractivity contribution in [2.75, 3.05) is 6.54 Å². The fraction of sp³-hybridized carbons (Fsp3) is 0.538. The van der Waals surface area contributed by atoms with Crippen LogP contribution in [0.25, 0.3) is 11.2 Å². The first kappa shape index (κ1) is 15.3. The molecule has 2 aromatic heterocycles. The van der Waals surface area contributed by atoms with Gasteiger partial charge in [0.1, 0.15) is 5.82 Å². The molecule has 0 N–H and O–H groups in total. The number of fused-ring (bicyclic) bond motifs is 1. The van der Waals surface area contributed by atoms with Gasteiger partial charge in [-0.3, -0.25) is 13.9 Å². The number of nitrogens with zero attached hydrogens (tertiary/aromatic N) is 5. The highest BCUT2D eigenvalue weighted by Crippen LogP contribution is 2.12. The van der Waals surface area contributed by atoms with Gasteiger partial charge in [-0.05, 0) is 18.6 Å². The van der Waals surface area contributed by atoms with Gasteiger partial charge < -0.3 is 4.57 Å². The minimum Gasteiger partial charge on any atom is -0.320 e. The van der Waals surface area contributed by atoms with E-state index >= 15 is 0 Å². The second kappa shape index (κ2) is 6.15. The number of aliphatic imine (C=N–C) groups is 1. The fourth-order valence-corrected chi connectivity index (χ4v) is 2.43. The number of imidazole rings is 1. The maximum absolute atomic E-state index is 12.4. The van der Waals surface area contributed by atoms with Crippen LogP contribution in [0, 0.1) is 0 Å². The highest BCUT2D eigenvalue weighted by Gasteiger charge is 2.18. The van der Waals surface area contributed by atoms with Crippen LogP contribution in [0.5, 0.6) is 0 Å². The van der Waals surface area contributed by atoms with E-state index in [1.165, 1.54) is 11.6 Å². The average molecular weight is 307 g/mol. The van der Waals surface area contributed by atoms with Crippen LogP contribution in [-0.4, -0.2) is 30.4 Å². The molecule has 2 aromatic rings. The van der Waals surface area contributed by atoms with Gasteiger partial charge in [0.25, 0.3) is 5.56 Å². The molecule has 0 aromatic carbocycles. The molecule has 2 heterocycles. The second-order valence-corrected chi connectivity index (χ2v) is 4.96. The molecule has 21 heavy (non-hydrogen) atoms. The molecule has 0 aliphatic heterocycles. The lowest BCUT2D eigenvalue weighted by Gasteiger charge is -2.07. The number of hydrogen-bond donors (Lipinski definition) is 0. The number of rotatable bonds is 5. The standard InChI is InChI=1S/C13H17N5O2S/c1-4-5-9-15-11-10(18(9)7-6-14-8-21)12(19)17(3)13(20)16(11)2/h4-7H2,1-3H3. The summed E-state index contributed by atoms with van der Waals surface area (Å²) in [4.78, 5) is 32.7. The number of isothiocyanates is 1. The van der Waals surface area contributed by atoms with Crippen LogP contribution >= 0.6 is 12.2 Å². The third kappa shape index (κ3) is 2.59. The lowest BCUT2D eigenvalue weighted by molar-refractivity contribution is 0.661. The van der Waals surface area contributed by atoms with Gasteiger partial charge in [-0.25, -0.2) is 14.8 Å². The topological polar surface area (TPSA) is 74.2 Å². The van der Waals surface area contributed by atoms with Crippen LogP contribution in [-0.2, 0) is 27.1 Å². The second-order valence-electron chi connectivity index (χ2n) is 4.78. The van der Waals surface area contributed by atoms with Crippen molar-refractivity contribution in [3.63, 3.8) is 0 Å². The highest BCUT2D eigenvalue weighted by molar-refractivity contribution is 7.78. The molecule has 0 radical (unpaired) electrons. The first-order chi connectivity index (χ1) is 10.0. The van der Waals surface area contributed by atoms with E-state index in [0.29, 0.717) is 24.3 Å². The first-order valence-electron chi connectivity index (χ1n) is 6.71. The van der Waals surface area contributed by atoms with Crippen LogP contribution in [0.15, 0.2) is 14.6 Å². The summed E-state index contributed by atoms with van der Waals surface area (Å²) in [5.41, 5.74) is 0.131. The quantitative estimate of drug-likeness (QED) is 0.595. The molecule has 0 spiro atoms. The van der Waals surface area contributed by atoms with E-state index in [2.05, 4.69) is 27.4 Å². The molecule has 0 bridgehead atoms. The van der Waals surface area contributed by atoms with E-state index in [4.69, 9.17) is 0 Å². The summed E-state index contributed by atoms with van der Waals surface area (Å²) in [6, 6.07) is 0. The van der Waals surface area contributed by atoms with Gasteiger partial charge in [-0.15, -0.1) is 0 Å². The lowest BCUT2D eigenvalue weighted by Crippen LogP contribution is -2.37. The predicted octanol–water partition coefficient (Wildman–Crippen LogP) is 0.489. The Kier molecular flexibility index (Phi) is 4.50. The molecule has 0 unspecified atom stereocenters. The van der Waals surface area contributed by atoms with E-state index in [0.717, 1.165) is 23.2 Å². The number of hydrogen-bond acceptors (Lipinski definition) is 5. The van der Waals surface area contributed by atoms with E-state index in [1.807, 2.05) is 11.5 Å². The summed E-state index contributed by atoms with van der Waals surface area (Å²) in [6.45, 7) is 2.95. The zero-order valence-electron chi connectivity index (χ0n) is 12.3. The maximum Gasteiger partial charge on any atom is 0.332 e. The molecule has 112 valence electrons. The summed E-state index contributed by atoms with van der Waals surface area (Å²) in [7, 11) is 3.09. The van der Waals surface area contributed by atoms with Crippen molar-refractivity contribution in [3.05, 3.63) is 26.7 Å². The van der Waals surface area contributed by atoms with Gasteiger partial charge in [0, 0.05) is 27.1 Å². The molecule has 7 nitrogen and oxygen atoms in total. The summed E-state index contributed by atoms with van der Waals surface area (Å²) in [6.07, 6.45) is 1.63. The Bertz CT molecular complexity index is 839. The Balaban J connectivity index is 2.79. The molecule has 2 rings (SSSR count). The summed E-state index contributed by atoms with van der Waals surface area (Å²) in [5, 5.41) is 2.31. The molecule has 0 amide bonds. The fourth-order valence-electron chi connectivity index (χ4n) is 2.34. The van der Waals surface area contributed by atoms with Crippen molar-refractivity contribution >= 4 is 28.5 Å². The van der Waals surface area contributed by atoms with Gasteiger partial charge in [-0.1, -0.05) is 6.92 Å². The Morgan fingerprint density at radius 3 is 2.62 bits per heavy atom. The largest absolute Gasteiger partial charge is 0.332 e. The molecule has 0 atom stereocenters. The minimum atomic E-state index is -0.378. The van der Waals surface area contributed by atoms with Crippen LogP contribution < -0.4 is 11.2 Å². The number of thiocarbonyl (C=S) groups is 1. The molecule has 0 fully saturated rings. The maximum atomic E-state index is 12.4. The van der Waals surface area contributed by atoms with Crippen LogP contribution in [0.2, 0.25) is 0 Å². The van der Waals surface area contributed by atoms with Crippen molar-refractivity contribution in [2.45, 2.75) is 26.3 Å². The number of aromatic nitrogens is 4. The number of aryl methyl sites for hydroxylation is 2. The average Bonchev–Trinajstić information content (AvgIpc) is 2.82. The lowest BCUT2D eigenvalue weighted by atomic mass is 10.3. The SMILES string of the molecule is CCCc1nc2c(c(=O)n(C)c(=O)n2C)n1CCN=C=S. The van der Waals surface area contributed by atoms with Gasteiger partial charge >= 0.3 is 5.69 Å². The molecule has 0 saturated carbocycles. The smallest absolute Gasteiger partial charge is 0.320 e. The van der Waals surface area contributed by atoms with Crippen molar-refractivity contribution < 1.29 is 0 Å². The molecular formula is C13H17N5O2S. The Morgan fingerprint density at radius 2 is 2.00 bits per heavy atom. The highest BCUT2D eigenvalue weighted by atomic mass is 32.1. The van der Waals surface area contributed by atoms with Crippen molar-refractivity contribution in [1.29, 1.82) is 0 Å². The monoisotopic (exact) mass is 307 g/mol. The van der Waals surface area contributed by atoms with Crippen LogP contribution in [0.4, 0.5) is 0 Å². The van der Waals surface area contributed by atoms with E-state index in [1.54, 1.807) is 7.05 Å². The van der Waals surface area contributed by atoms with Crippen molar-refractivity contribution in [1.82, 2.24) is 18.7 Å². The third-order valence-electron chi connectivity index (χ3n) is 3.40. The van der Waals surface area contributed by atoms with E-state index < -0.39 is 0 Å². The van der Waals surface area contributed by atoms with E-state index in [-0.39, 0.29) is 11.2 Å². The van der Waals surface area contributed by atoms with Gasteiger partial charge in [-0.2, -0.15) is 0 Å². The van der Waals surface area contributed by atoms with Crippen molar-refractivity contribution in [2.24, 2.45) is 19.1 Å². The molecular weight excluding hydrogens is 290 g/mol. The molecule has 0 aliphatic rings.